The Morgan fingerprint density at radius 1 is 1.08 bits per heavy atom. The van der Waals surface area contributed by atoms with Gasteiger partial charge < -0.3 is 4.74 Å². The minimum Gasteiger partial charge on any atom is -0.457 e. The average molecular weight is 347 g/mol. The number of carbonyl (C=O) groups excluding carboxylic acids is 1. The molecule has 0 aliphatic rings. The van der Waals surface area contributed by atoms with Crippen molar-refractivity contribution < 1.29 is 17.9 Å². The molecule has 0 fully saturated rings. The summed E-state index contributed by atoms with van der Waals surface area (Å²) in [5.41, 5.74) is 2.30. The van der Waals surface area contributed by atoms with Gasteiger partial charge in [-0.2, -0.15) is 0 Å². The first kappa shape index (κ1) is 18.2. The van der Waals surface area contributed by atoms with Gasteiger partial charge in [-0.25, -0.2) is 17.9 Å². The Labute approximate surface area is 142 Å². The van der Waals surface area contributed by atoms with E-state index in [1.165, 1.54) is 24.3 Å². The van der Waals surface area contributed by atoms with E-state index in [1.54, 1.807) is 13.8 Å². The van der Waals surface area contributed by atoms with Crippen LogP contribution in [0.25, 0.3) is 0 Å². The maximum absolute atomic E-state index is 12.1. The molecule has 2 aromatic carbocycles. The number of hydrogen-bond acceptors (Lipinski definition) is 4. The summed E-state index contributed by atoms with van der Waals surface area (Å²) in [5, 5.41) is 0. The number of hydrogen-bond donors (Lipinski definition) is 1. The lowest BCUT2D eigenvalue weighted by atomic mass is 10.1. The Hall–Kier alpha value is -2.18. The van der Waals surface area contributed by atoms with Crippen LogP contribution in [0.1, 0.15) is 35.3 Å². The quantitative estimate of drug-likeness (QED) is 0.815. The fraction of sp³-hybridized carbons (Fsp3) is 0.278. The Morgan fingerprint density at radius 3 is 2.29 bits per heavy atom. The topological polar surface area (TPSA) is 72.5 Å². The number of aryl methyl sites for hydroxylation is 1. The molecule has 0 spiro atoms. The van der Waals surface area contributed by atoms with Gasteiger partial charge in [-0.15, -0.1) is 0 Å². The molecule has 0 atom stereocenters. The molecule has 0 radical (unpaired) electrons. The maximum atomic E-state index is 12.1. The molecule has 0 aromatic heterocycles. The monoisotopic (exact) mass is 347 g/mol. The van der Waals surface area contributed by atoms with E-state index in [9.17, 15) is 13.2 Å². The van der Waals surface area contributed by atoms with Crippen molar-refractivity contribution in [3.8, 4) is 0 Å². The summed E-state index contributed by atoms with van der Waals surface area (Å²) in [4.78, 5) is 12.2. The van der Waals surface area contributed by atoms with Gasteiger partial charge in [0.2, 0.25) is 10.0 Å². The smallest absolute Gasteiger partial charge is 0.338 e. The molecule has 24 heavy (non-hydrogen) atoms. The highest BCUT2D eigenvalue weighted by atomic mass is 32.2. The first-order valence-electron chi connectivity index (χ1n) is 7.63. The lowest BCUT2D eigenvalue weighted by molar-refractivity contribution is 0.0472. The number of carbonyl (C=O) groups is 1. The summed E-state index contributed by atoms with van der Waals surface area (Å²) in [6, 6.07) is 13.2. The Kier molecular flexibility index (Phi) is 5.75. The summed E-state index contributed by atoms with van der Waals surface area (Å²) in [6.07, 6.45) is 0. The molecule has 0 bridgehead atoms. The van der Waals surface area contributed by atoms with E-state index in [1.807, 2.05) is 31.2 Å². The van der Waals surface area contributed by atoms with E-state index >= 15 is 0 Å². The van der Waals surface area contributed by atoms with Crippen LogP contribution in [-0.4, -0.2) is 20.4 Å². The summed E-state index contributed by atoms with van der Waals surface area (Å²) >= 11 is 0. The number of rotatable bonds is 6. The SMILES string of the molecule is Cc1ccccc1COC(=O)c1ccc(S(=O)(=O)NC(C)C)cc1. The first-order chi connectivity index (χ1) is 11.3. The number of benzene rings is 2. The third-order valence-electron chi connectivity index (χ3n) is 3.41. The molecule has 2 aromatic rings. The maximum Gasteiger partial charge on any atom is 0.338 e. The molecule has 2 rings (SSSR count). The van der Waals surface area contributed by atoms with Gasteiger partial charge >= 0.3 is 5.97 Å². The Bertz CT molecular complexity index is 811. The van der Waals surface area contributed by atoms with Crippen LogP contribution < -0.4 is 4.72 Å². The van der Waals surface area contributed by atoms with Crippen molar-refractivity contribution >= 4 is 16.0 Å². The highest BCUT2D eigenvalue weighted by Gasteiger charge is 2.16. The fourth-order valence-corrected chi connectivity index (χ4v) is 3.40. The van der Waals surface area contributed by atoms with Gasteiger partial charge in [0.15, 0.2) is 0 Å². The van der Waals surface area contributed by atoms with Crippen molar-refractivity contribution in [3.63, 3.8) is 0 Å². The summed E-state index contributed by atoms with van der Waals surface area (Å²) in [7, 11) is -3.56. The lowest BCUT2D eigenvalue weighted by Crippen LogP contribution is -2.30. The zero-order valence-corrected chi connectivity index (χ0v) is 14.8. The second-order valence-electron chi connectivity index (χ2n) is 5.80. The van der Waals surface area contributed by atoms with Crippen molar-refractivity contribution in [2.75, 3.05) is 0 Å². The number of esters is 1. The molecular weight excluding hydrogens is 326 g/mol. The predicted molar refractivity (Wildman–Crippen MR) is 92.2 cm³/mol. The highest BCUT2D eigenvalue weighted by molar-refractivity contribution is 7.89. The van der Waals surface area contributed by atoms with E-state index in [-0.39, 0.29) is 17.5 Å². The number of sulfonamides is 1. The van der Waals surface area contributed by atoms with Gasteiger partial charge in [0.05, 0.1) is 10.5 Å². The average Bonchev–Trinajstić information content (AvgIpc) is 2.53. The predicted octanol–water partition coefficient (Wildman–Crippen LogP) is 3.04. The number of nitrogens with one attached hydrogen (secondary N) is 1. The van der Waals surface area contributed by atoms with E-state index in [0.717, 1.165) is 11.1 Å². The molecule has 1 N–H and O–H groups in total. The second-order valence-corrected chi connectivity index (χ2v) is 7.52. The van der Waals surface area contributed by atoms with Gasteiger partial charge in [0, 0.05) is 6.04 Å². The van der Waals surface area contributed by atoms with Crippen LogP contribution in [0.4, 0.5) is 0 Å². The molecule has 0 saturated heterocycles. The molecule has 0 aliphatic carbocycles. The van der Waals surface area contributed by atoms with Gasteiger partial charge in [0.25, 0.3) is 0 Å². The molecule has 0 saturated carbocycles. The van der Waals surface area contributed by atoms with Crippen LogP contribution in [0.2, 0.25) is 0 Å². The third-order valence-corrected chi connectivity index (χ3v) is 5.09. The number of ether oxygens (including phenoxy) is 1. The summed E-state index contributed by atoms with van der Waals surface area (Å²) in [5.74, 6) is -0.487. The van der Waals surface area contributed by atoms with E-state index in [0.29, 0.717) is 5.56 Å². The van der Waals surface area contributed by atoms with Crippen LogP contribution >= 0.6 is 0 Å². The zero-order valence-electron chi connectivity index (χ0n) is 13.9. The van der Waals surface area contributed by atoms with Crippen molar-refractivity contribution in [1.82, 2.24) is 4.72 Å². The van der Waals surface area contributed by atoms with E-state index < -0.39 is 16.0 Å². The van der Waals surface area contributed by atoms with Gasteiger partial charge in [-0.05, 0) is 56.2 Å². The standard InChI is InChI=1S/C18H21NO4S/c1-13(2)19-24(21,22)17-10-8-15(9-11-17)18(20)23-12-16-7-5-4-6-14(16)3/h4-11,13,19H,12H2,1-3H3. The van der Waals surface area contributed by atoms with Gasteiger partial charge in [0.1, 0.15) is 6.61 Å². The summed E-state index contributed by atoms with van der Waals surface area (Å²) in [6.45, 7) is 5.62. The van der Waals surface area contributed by atoms with E-state index in [2.05, 4.69) is 4.72 Å². The molecule has 0 amide bonds. The molecule has 0 unspecified atom stereocenters. The van der Waals surface area contributed by atoms with E-state index in [4.69, 9.17) is 4.74 Å². The van der Waals surface area contributed by atoms with Crippen LogP contribution in [0.15, 0.2) is 53.4 Å². The van der Waals surface area contributed by atoms with Crippen LogP contribution in [-0.2, 0) is 21.4 Å². The van der Waals surface area contributed by atoms with Gasteiger partial charge in [-0.1, -0.05) is 24.3 Å². The van der Waals surface area contributed by atoms with Crippen molar-refractivity contribution in [2.45, 2.75) is 38.3 Å². The molecule has 0 heterocycles. The lowest BCUT2D eigenvalue weighted by Gasteiger charge is -2.10. The second kappa shape index (κ2) is 7.59. The largest absolute Gasteiger partial charge is 0.457 e. The molecule has 5 nitrogen and oxygen atoms in total. The fourth-order valence-electron chi connectivity index (χ4n) is 2.15. The van der Waals surface area contributed by atoms with Crippen molar-refractivity contribution in [3.05, 3.63) is 65.2 Å². The Morgan fingerprint density at radius 2 is 1.71 bits per heavy atom. The van der Waals surface area contributed by atoms with Crippen molar-refractivity contribution in [1.29, 1.82) is 0 Å². The molecule has 0 aliphatic heterocycles. The van der Waals surface area contributed by atoms with Gasteiger partial charge in [-0.3, -0.25) is 0 Å². The van der Waals surface area contributed by atoms with Crippen LogP contribution in [0.5, 0.6) is 0 Å². The molecular formula is C18H21NO4S. The van der Waals surface area contributed by atoms with Crippen molar-refractivity contribution in [2.24, 2.45) is 0 Å². The normalized spacial score (nSPS) is 11.5. The molecule has 6 heteroatoms. The third kappa shape index (κ3) is 4.66. The first-order valence-corrected chi connectivity index (χ1v) is 9.12. The van der Waals surface area contributed by atoms with Crippen LogP contribution in [0, 0.1) is 6.92 Å². The molecule has 128 valence electrons. The van der Waals surface area contributed by atoms with Crippen LogP contribution in [0.3, 0.4) is 0 Å². The summed E-state index contributed by atoms with van der Waals surface area (Å²) < 4.78 is 31.9. The minimum atomic E-state index is -3.56. The zero-order chi connectivity index (χ0) is 17.7. The Balaban J connectivity index is 2.05. The minimum absolute atomic E-state index is 0.117. The highest BCUT2D eigenvalue weighted by Crippen LogP contribution is 2.14.